The lowest BCUT2D eigenvalue weighted by atomic mass is 10.1. The first-order valence-corrected chi connectivity index (χ1v) is 5.43. The fourth-order valence-electron chi connectivity index (χ4n) is 1.37. The molecule has 1 aromatic rings. The standard InChI is InChI=1S/C10H16N4O4/c11-2-1-8(15)9(16)14-7(10(17)18)3-6-4-12-5-13-6/h4-5,7-8,15H,1-3,11H2,(H,12,13)(H,14,16)(H,17,18)/t7-,8-/m0/s1. The highest BCUT2D eigenvalue weighted by atomic mass is 16.4. The SMILES string of the molecule is NCC[C@H](O)C(=O)N[C@@H](Cc1cnc[nH]1)C(=O)O. The van der Waals surface area contributed by atoms with Crippen molar-refractivity contribution in [3.05, 3.63) is 18.2 Å². The molecule has 18 heavy (non-hydrogen) atoms. The number of amides is 1. The maximum atomic E-state index is 11.5. The molecule has 2 atom stereocenters. The largest absolute Gasteiger partial charge is 0.480 e. The van der Waals surface area contributed by atoms with E-state index in [0.29, 0.717) is 5.69 Å². The monoisotopic (exact) mass is 256 g/mol. The zero-order valence-corrected chi connectivity index (χ0v) is 9.67. The van der Waals surface area contributed by atoms with Crippen molar-refractivity contribution in [1.29, 1.82) is 0 Å². The van der Waals surface area contributed by atoms with Crippen LogP contribution in [0.3, 0.4) is 0 Å². The first-order chi connectivity index (χ1) is 8.54. The second kappa shape index (κ2) is 6.72. The van der Waals surface area contributed by atoms with Gasteiger partial charge in [0.05, 0.1) is 6.33 Å². The van der Waals surface area contributed by atoms with Crippen molar-refractivity contribution in [3.63, 3.8) is 0 Å². The molecule has 1 heterocycles. The number of rotatable bonds is 7. The molecule has 0 aliphatic carbocycles. The number of hydrogen-bond acceptors (Lipinski definition) is 5. The number of carbonyl (C=O) groups is 2. The van der Waals surface area contributed by atoms with Crippen LogP contribution in [0.4, 0.5) is 0 Å². The van der Waals surface area contributed by atoms with Gasteiger partial charge in [-0.05, 0) is 13.0 Å². The van der Waals surface area contributed by atoms with Gasteiger partial charge in [-0.2, -0.15) is 0 Å². The van der Waals surface area contributed by atoms with Gasteiger partial charge >= 0.3 is 5.97 Å². The number of carboxylic acid groups (broad SMARTS) is 1. The predicted octanol–water partition coefficient (Wildman–Crippen LogP) is -1.77. The minimum atomic E-state index is -1.29. The number of nitrogens with one attached hydrogen (secondary N) is 2. The van der Waals surface area contributed by atoms with Crippen LogP contribution in [0.15, 0.2) is 12.5 Å². The molecule has 100 valence electrons. The Kier molecular flexibility index (Phi) is 5.28. The van der Waals surface area contributed by atoms with E-state index in [1.54, 1.807) is 0 Å². The van der Waals surface area contributed by atoms with Crippen molar-refractivity contribution >= 4 is 11.9 Å². The van der Waals surface area contributed by atoms with E-state index in [2.05, 4.69) is 15.3 Å². The summed E-state index contributed by atoms with van der Waals surface area (Å²) in [6.45, 7) is 0.146. The molecule has 0 aromatic carbocycles. The summed E-state index contributed by atoms with van der Waals surface area (Å²) in [6.07, 6.45) is 1.75. The van der Waals surface area contributed by atoms with Crippen LogP contribution in [0.2, 0.25) is 0 Å². The third-order valence-corrected chi connectivity index (χ3v) is 2.34. The number of hydrogen-bond donors (Lipinski definition) is 5. The van der Waals surface area contributed by atoms with Gasteiger partial charge in [0.25, 0.3) is 0 Å². The normalized spacial score (nSPS) is 13.9. The highest BCUT2D eigenvalue weighted by Crippen LogP contribution is 2.00. The molecule has 0 spiro atoms. The number of imidazole rings is 1. The molecule has 8 heteroatoms. The average Bonchev–Trinajstić information content (AvgIpc) is 2.81. The fraction of sp³-hybridized carbons (Fsp3) is 0.500. The van der Waals surface area contributed by atoms with Crippen molar-refractivity contribution in [1.82, 2.24) is 15.3 Å². The van der Waals surface area contributed by atoms with Crippen LogP contribution in [-0.2, 0) is 16.0 Å². The lowest BCUT2D eigenvalue weighted by Crippen LogP contribution is -2.47. The summed E-state index contributed by atoms with van der Waals surface area (Å²) in [5.41, 5.74) is 5.78. The number of carboxylic acids is 1. The zero-order valence-electron chi connectivity index (χ0n) is 9.67. The second-order valence-corrected chi connectivity index (χ2v) is 3.77. The molecular formula is C10H16N4O4. The minimum Gasteiger partial charge on any atom is -0.480 e. The number of carbonyl (C=O) groups excluding carboxylic acids is 1. The number of aromatic amines is 1. The summed E-state index contributed by atoms with van der Waals surface area (Å²) in [6, 6.07) is -1.12. The van der Waals surface area contributed by atoms with E-state index < -0.39 is 24.0 Å². The molecule has 0 fully saturated rings. The van der Waals surface area contributed by atoms with E-state index in [1.165, 1.54) is 12.5 Å². The Bertz CT molecular complexity index is 393. The average molecular weight is 256 g/mol. The van der Waals surface area contributed by atoms with Crippen LogP contribution in [0.25, 0.3) is 0 Å². The maximum absolute atomic E-state index is 11.5. The van der Waals surface area contributed by atoms with Crippen molar-refractivity contribution < 1.29 is 19.8 Å². The molecule has 0 saturated heterocycles. The van der Waals surface area contributed by atoms with Gasteiger partial charge in [-0.3, -0.25) is 4.79 Å². The minimum absolute atomic E-state index is 0.0659. The summed E-state index contributed by atoms with van der Waals surface area (Å²) < 4.78 is 0. The molecule has 6 N–H and O–H groups in total. The first kappa shape index (κ1) is 14.1. The van der Waals surface area contributed by atoms with Crippen molar-refractivity contribution in [2.45, 2.75) is 25.0 Å². The summed E-state index contributed by atoms with van der Waals surface area (Å²) >= 11 is 0. The van der Waals surface area contributed by atoms with E-state index in [9.17, 15) is 14.7 Å². The third-order valence-electron chi connectivity index (χ3n) is 2.34. The van der Waals surface area contributed by atoms with E-state index in [1.807, 2.05) is 0 Å². The van der Waals surface area contributed by atoms with Crippen LogP contribution in [-0.4, -0.2) is 50.7 Å². The Hall–Kier alpha value is -1.93. The Labute approximate surface area is 103 Å². The maximum Gasteiger partial charge on any atom is 0.326 e. The van der Waals surface area contributed by atoms with Gasteiger partial charge in [-0.15, -0.1) is 0 Å². The molecular weight excluding hydrogens is 240 g/mol. The van der Waals surface area contributed by atoms with Gasteiger partial charge in [0.15, 0.2) is 0 Å². The molecule has 0 saturated carbocycles. The molecule has 0 bridgehead atoms. The Morgan fingerprint density at radius 2 is 2.28 bits per heavy atom. The third kappa shape index (κ3) is 4.15. The van der Waals surface area contributed by atoms with Gasteiger partial charge in [0.1, 0.15) is 12.1 Å². The highest BCUT2D eigenvalue weighted by Gasteiger charge is 2.24. The number of aliphatic hydroxyl groups is 1. The Morgan fingerprint density at radius 3 is 2.78 bits per heavy atom. The number of aliphatic hydroxyl groups excluding tert-OH is 1. The molecule has 1 amide bonds. The molecule has 0 aliphatic heterocycles. The number of nitrogens with zero attached hydrogens (tertiary/aromatic N) is 1. The number of H-pyrrole nitrogens is 1. The van der Waals surface area contributed by atoms with Crippen LogP contribution in [0.5, 0.6) is 0 Å². The molecule has 0 radical (unpaired) electrons. The van der Waals surface area contributed by atoms with Crippen LogP contribution in [0, 0.1) is 0 Å². The Balaban J connectivity index is 2.58. The van der Waals surface area contributed by atoms with Gasteiger partial charge in [0.2, 0.25) is 5.91 Å². The molecule has 0 aliphatic rings. The molecule has 1 aromatic heterocycles. The summed E-state index contributed by atoms with van der Waals surface area (Å²) in [7, 11) is 0. The van der Waals surface area contributed by atoms with Crippen LogP contribution < -0.4 is 11.1 Å². The van der Waals surface area contributed by atoms with Gasteiger partial charge in [-0.25, -0.2) is 9.78 Å². The fourth-order valence-corrected chi connectivity index (χ4v) is 1.37. The molecule has 0 unspecified atom stereocenters. The summed E-state index contributed by atoms with van der Waals surface area (Å²) in [4.78, 5) is 28.9. The second-order valence-electron chi connectivity index (χ2n) is 3.77. The quantitative estimate of drug-likeness (QED) is 0.391. The van der Waals surface area contributed by atoms with Crippen LogP contribution >= 0.6 is 0 Å². The van der Waals surface area contributed by atoms with E-state index in [-0.39, 0.29) is 19.4 Å². The number of nitrogens with two attached hydrogens (primary N) is 1. The molecule has 1 rings (SSSR count). The first-order valence-electron chi connectivity index (χ1n) is 5.43. The van der Waals surface area contributed by atoms with Crippen LogP contribution in [0.1, 0.15) is 12.1 Å². The van der Waals surface area contributed by atoms with Gasteiger partial charge in [0, 0.05) is 18.3 Å². The number of aliphatic carboxylic acids is 1. The van der Waals surface area contributed by atoms with Gasteiger partial charge < -0.3 is 26.2 Å². The van der Waals surface area contributed by atoms with Crippen molar-refractivity contribution in [2.24, 2.45) is 5.73 Å². The summed E-state index contributed by atoms with van der Waals surface area (Å²) in [5.74, 6) is -1.93. The van der Waals surface area contributed by atoms with E-state index >= 15 is 0 Å². The smallest absolute Gasteiger partial charge is 0.326 e. The zero-order chi connectivity index (χ0) is 13.5. The number of aromatic nitrogens is 2. The summed E-state index contributed by atoms with van der Waals surface area (Å²) in [5, 5.41) is 20.6. The lowest BCUT2D eigenvalue weighted by Gasteiger charge is -2.16. The highest BCUT2D eigenvalue weighted by molar-refractivity contribution is 5.86. The predicted molar refractivity (Wildman–Crippen MR) is 61.5 cm³/mol. The van der Waals surface area contributed by atoms with Crippen molar-refractivity contribution in [2.75, 3.05) is 6.54 Å². The van der Waals surface area contributed by atoms with E-state index in [0.717, 1.165) is 0 Å². The Morgan fingerprint density at radius 1 is 1.56 bits per heavy atom. The molecule has 8 nitrogen and oxygen atoms in total. The lowest BCUT2D eigenvalue weighted by molar-refractivity contribution is -0.143. The topological polar surface area (TPSA) is 141 Å². The van der Waals surface area contributed by atoms with E-state index in [4.69, 9.17) is 10.8 Å². The van der Waals surface area contributed by atoms with Gasteiger partial charge in [-0.1, -0.05) is 0 Å². The van der Waals surface area contributed by atoms with Crippen molar-refractivity contribution in [3.8, 4) is 0 Å².